The molecule has 1 N–H and O–H groups in total. The van der Waals surface area contributed by atoms with Gasteiger partial charge in [0, 0.05) is 17.2 Å². The summed E-state index contributed by atoms with van der Waals surface area (Å²) < 4.78 is 14.1. The van der Waals surface area contributed by atoms with Crippen LogP contribution in [-0.4, -0.2) is 17.6 Å². The molecule has 1 heterocycles. The lowest BCUT2D eigenvalue weighted by Crippen LogP contribution is -2.28. The molecule has 1 saturated heterocycles. The Morgan fingerprint density at radius 3 is 2.71 bits per heavy atom. The summed E-state index contributed by atoms with van der Waals surface area (Å²) in [6, 6.07) is 12.4. The summed E-state index contributed by atoms with van der Waals surface area (Å²) in [4.78, 5) is 26.7. The second kappa shape index (κ2) is 7.95. The molecule has 4 rings (SSSR count). The van der Waals surface area contributed by atoms with Gasteiger partial charge >= 0.3 is 0 Å². The Morgan fingerprint density at radius 1 is 1.18 bits per heavy atom. The van der Waals surface area contributed by atoms with Crippen molar-refractivity contribution in [1.82, 2.24) is 0 Å². The molecular weight excluding hydrogens is 375 g/mol. The first-order valence-corrected chi connectivity index (χ1v) is 10.7. The van der Waals surface area contributed by atoms with Crippen LogP contribution in [0, 0.1) is 18.7 Å². The lowest BCUT2D eigenvalue weighted by atomic mass is 10.1. The van der Waals surface area contributed by atoms with Gasteiger partial charge in [0.15, 0.2) is 0 Å². The third-order valence-corrected chi connectivity index (χ3v) is 6.74. The Morgan fingerprint density at radius 2 is 1.93 bits per heavy atom. The second-order valence-corrected chi connectivity index (χ2v) is 8.48. The van der Waals surface area contributed by atoms with Crippen LogP contribution in [0.1, 0.15) is 42.2 Å². The van der Waals surface area contributed by atoms with E-state index in [-0.39, 0.29) is 28.9 Å². The largest absolute Gasteiger partial charge is 0.326 e. The molecule has 0 unspecified atom stereocenters. The standard InChI is InChI=1S/C22H23FN2O2S/c1-14-18(23)10-5-11-19(14)25-20(26)13-28-22(25)16-8-4-9-17(12-16)24-21(27)15-6-2-3-7-15/h4-5,8-12,15,22H,2-3,6-7,13H2,1H3,(H,24,27)/t22-/m1/s1. The highest BCUT2D eigenvalue weighted by Crippen LogP contribution is 2.43. The first-order chi connectivity index (χ1) is 13.5. The van der Waals surface area contributed by atoms with E-state index < -0.39 is 0 Å². The summed E-state index contributed by atoms with van der Waals surface area (Å²) in [5, 5.41) is 2.78. The molecule has 0 spiro atoms. The first-order valence-electron chi connectivity index (χ1n) is 9.64. The van der Waals surface area contributed by atoms with Crippen molar-refractivity contribution < 1.29 is 14.0 Å². The fraction of sp³-hybridized carbons (Fsp3) is 0.364. The van der Waals surface area contributed by atoms with Gasteiger partial charge in [-0.05, 0) is 49.6 Å². The maximum atomic E-state index is 14.1. The van der Waals surface area contributed by atoms with Crippen molar-refractivity contribution in [3.05, 3.63) is 59.4 Å². The lowest BCUT2D eigenvalue weighted by molar-refractivity contribution is -0.119. The van der Waals surface area contributed by atoms with Crippen LogP contribution in [0.3, 0.4) is 0 Å². The highest BCUT2D eigenvalue weighted by atomic mass is 32.2. The van der Waals surface area contributed by atoms with Crippen LogP contribution < -0.4 is 10.2 Å². The van der Waals surface area contributed by atoms with E-state index in [1.807, 2.05) is 24.3 Å². The number of benzene rings is 2. The van der Waals surface area contributed by atoms with Gasteiger partial charge in [0.2, 0.25) is 11.8 Å². The molecule has 0 aromatic heterocycles. The van der Waals surface area contributed by atoms with E-state index in [4.69, 9.17) is 0 Å². The topological polar surface area (TPSA) is 49.4 Å². The van der Waals surface area contributed by atoms with Gasteiger partial charge in [-0.2, -0.15) is 0 Å². The Kier molecular flexibility index (Phi) is 5.40. The molecule has 1 saturated carbocycles. The maximum absolute atomic E-state index is 14.1. The van der Waals surface area contributed by atoms with Gasteiger partial charge in [0.1, 0.15) is 11.2 Å². The van der Waals surface area contributed by atoms with Crippen LogP contribution in [0.2, 0.25) is 0 Å². The summed E-state index contributed by atoms with van der Waals surface area (Å²) in [5.74, 6) is 0.155. The number of thioether (sulfide) groups is 1. The van der Waals surface area contributed by atoms with E-state index >= 15 is 0 Å². The summed E-state index contributed by atoms with van der Waals surface area (Å²) in [6.45, 7) is 1.69. The predicted molar refractivity (Wildman–Crippen MR) is 111 cm³/mol. The van der Waals surface area contributed by atoms with Crippen LogP contribution in [-0.2, 0) is 9.59 Å². The first kappa shape index (κ1) is 19.0. The molecule has 6 heteroatoms. The Balaban J connectivity index is 1.60. The van der Waals surface area contributed by atoms with Crippen LogP contribution in [0.4, 0.5) is 15.8 Å². The van der Waals surface area contributed by atoms with E-state index in [0.29, 0.717) is 17.0 Å². The number of hydrogen-bond acceptors (Lipinski definition) is 3. The van der Waals surface area contributed by atoms with Crippen molar-refractivity contribution >= 4 is 35.0 Å². The molecule has 2 aliphatic rings. The number of anilines is 2. The van der Waals surface area contributed by atoms with E-state index in [1.165, 1.54) is 17.8 Å². The number of hydrogen-bond donors (Lipinski definition) is 1. The van der Waals surface area contributed by atoms with E-state index in [2.05, 4.69) is 5.32 Å². The average Bonchev–Trinajstić information content (AvgIpc) is 3.34. The summed E-state index contributed by atoms with van der Waals surface area (Å²) in [7, 11) is 0. The monoisotopic (exact) mass is 398 g/mol. The number of halogens is 1. The van der Waals surface area contributed by atoms with Crippen LogP contribution in [0.25, 0.3) is 0 Å². The van der Waals surface area contributed by atoms with Crippen molar-refractivity contribution in [3.63, 3.8) is 0 Å². The molecule has 1 atom stereocenters. The molecule has 2 aromatic carbocycles. The molecule has 0 radical (unpaired) electrons. The Bertz CT molecular complexity index is 911. The van der Waals surface area contributed by atoms with Gasteiger partial charge in [0.25, 0.3) is 0 Å². The molecule has 2 aromatic rings. The van der Waals surface area contributed by atoms with Crippen molar-refractivity contribution in [3.8, 4) is 0 Å². The molecule has 2 fully saturated rings. The number of carbonyl (C=O) groups excluding carboxylic acids is 2. The number of amides is 2. The summed E-state index contributed by atoms with van der Waals surface area (Å²) >= 11 is 1.52. The van der Waals surface area contributed by atoms with Crippen LogP contribution in [0.15, 0.2) is 42.5 Å². The van der Waals surface area contributed by atoms with E-state index in [1.54, 1.807) is 24.0 Å². The highest BCUT2D eigenvalue weighted by Gasteiger charge is 2.35. The third-order valence-electron chi connectivity index (χ3n) is 5.53. The summed E-state index contributed by atoms with van der Waals surface area (Å²) in [5.41, 5.74) is 2.73. The number of carbonyl (C=O) groups is 2. The number of rotatable bonds is 4. The van der Waals surface area contributed by atoms with E-state index in [0.717, 1.165) is 36.9 Å². The van der Waals surface area contributed by atoms with Crippen molar-refractivity contribution in [2.24, 2.45) is 5.92 Å². The van der Waals surface area contributed by atoms with Gasteiger partial charge < -0.3 is 5.32 Å². The van der Waals surface area contributed by atoms with Crippen LogP contribution in [0.5, 0.6) is 0 Å². The Labute approximate surface area is 168 Å². The van der Waals surface area contributed by atoms with Crippen molar-refractivity contribution in [1.29, 1.82) is 0 Å². The van der Waals surface area contributed by atoms with Gasteiger partial charge in [-0.25, -0.2) is 4.39 Å². The summed E-state index contributed by atoms with van der Waals surface area (Å²) in [6.07, 6.45) is 4.12. The number of nitrogens with zero attached hydrogens (tertiary/aromatic N) is 1. The van der Waals surface area contributed by atoms with Crippen molar-refractivity contribution in [2.75, 3.05) is 16.0 Å². The minimum absolute atomic E-state index is 0.0379. The maximum Gasteiger partial charge on any atom is 0.238 e. The minimum atomic E-state index is -0.321. The third kappa shape index (κ3) is 3.65. The minimum Gasteiger partial charge on any atom is -0.326 e. The fourth-order valence-corrected chi connectivity index (χ4v) is 5.15. The zero-order valence-corrected chi connectivity index (χ0v) is 16.6. The molecule has 1 aliphatic carbocycles. The molecule has 0 bridgehead atoms. The van der Waals surface area contributed by atoms with Crippen molar-refractivity contribution in [2.45, 2.75) is 38.0 Å². The van der Waals surface area contributed by atoms with Crippen LogP contribution >= 0.6 is 11.8 Å². The zero-order chi connectivity index (χ0) is 19.7. The van der Waals surface area contributed by atoms with Gasteiger partial charge in [0.05, 0.1) is 11.4 Å². The normalized spacial score (nSPS) is 20.0. The zero-order valence-electron chi connectivity index (χ0n) is 15.8. The molecule has 2 amide bonds. The highest BCUT2D eigenvalue weighted by molar-refractivity contribution is 8.00. The van der Waals surface area contributed by atoms with Gasteiger partial charge in [-0.1, -0.05) is 31.0 Å². The average molecular weight is 399 g/mol. The Hall–Kier alpha value is -2.34. The molecule has 146 valence electrons. The van der Waals surface area contributed by atoms with E-state index in [9.17, 15) is 14.0 Å². The predicted octanol–water partition coefficient (Wildman–Crippen LogP) is 5.04. The van der Waals surface area contributed by atoms with Gasteiger partial charge in [-0.15, -0.1) is 11.8 Å². The second-order valence-electron chi connectivity index (χ2n) is 7.41. The molecule has 1 aliphatic heterocycles. The fourth-order valence-electron chi connectivity index (χ4n) is 3.99. The number of nitrogens with one attached hydrogen (secondary N) is 1. The lowest BCUT2D eigenvalue weighted by Gasteiger charge is -2.26. The molecular formula is C22H23FN2O2S. The molecule has 4 nitrogen and oxygen atoms in total. The quantitative estimate of drug-likeness (QED) is 0.785. The smallest absolute Gasteiger partial charge is 0.238 e. The SMILES string of the molecule is Cc1c(F)cccc1N1C(=O)CS[C@@H]1c1cccc(NC(=O)C2CCCC2)c1. The molecule has 28 heavy (non-hydrogen) atoms. The van der Waals surface area contributed by atoms with Gasteiger partial charge in [-0.3, -0.25) is 14.5 Å².